The van der Waals surface area contributed by atoms with Crippen LogP contribution in [0, 0.1) is 13.8 Å². The first-order valence-corrected chi connectivity index (χ1v) is 17.8. The van der Waals surface area contributed by atoms with Crippen LogP contribution in [-0.2, 0) is 0 Å². The zero-order valence-electron chi connectivity index (χ0n) is 22.1. The van der Waals surface area contributed by atoms with Gasteiger partial charge in [-0.05, 0) is 88.9 Å². The highest BCUT2D eigenvalue weighted by molar-refractivity contribution is 8.00. The molecule has 5 aromatic rings. The van der Waals surface area contributed by atoms with E-state index in [1.54, 1.807) is 10.4 Å². The third kappa shape index (κ3) is 3.62. The average Bonchev–Trinajstić information content (AvgIpc) is 2.91. The normalized spacial score (nSPS) is 14.8. The van der Waals surface area contributed by atoms with E-state index in [2.05, 4.69) is 135 Å². The molecule has 0 fully saturated rings. The van der Waals surface area contributed by atoms with Gasteiger partial charge in [-0.15, -0.1) is 0 Å². The third-order valence-electron chi connectivity index (χ3n) is 7.93. The molecule has 5 aromatic carbocycles. The van der Waals surface area contributed by atoms with Crippen molar-refractivity contribution in [2.75, 3.05) is 4.90 Å². The van der Waals surface area contributed by atoms with E-state index < -0.39 is 8.07 Å². The van der Waals surface area contributed by atoms with E-state index in [0.29, 0.717) is 0 Å². The van der Waals surface area contributed by atoms with Crippen LogP contribution in [-0.4, -0.2) is 8.07 Å². The van der Waals surface area contributed by atoms with Crippen molar-refractivity contribution in [2.24, 2.45) is 0 Å². The van der Waals surface area contributed by atoms with Crippen LogP contribution in [0.3, 0.4) is 0 Å². The fourth-order valence-corrected chi connectivity index (χ4v) is 13.1. The van der Waals surface area contributed by atoms with E-state index in [4.69, 9.17) is 0 Å². The van der Waals surface area contributed by atoms with Crippen molar-refractivity contribution in [3.8, 4) is 11.1 Å². The fraction of sp³-hybridized carbons (Fsp3) is 0.118. The minimum atomic E-state index is -1.96. The monoisotopic (exact) mass is 543 g/mol. The van der Waals surface area contributed by atoms with Crippen LogP contribution >= 0.6 is 23.5 Å². The lowest BCUT2D eigenvalue weighted by Gasteiger charge is -2.38. The summed E-state index contributed by atoms with van der Waals surface area (Å²) in [5.74, 6) is 0. The molecular formula is C34H29NS2Si. The van der Waals surface area contributed by atoms with Gasteiger partial charge < -0.3 is 4.90 Å². The molecule has 0 aliphatic carbocycles. The zero-order chi connectivity index (χ0) is 26.0. The second-order valence-electron chi connectivity index (χ2n) is 10.7. The van der Waals surface area contributed by atoms with E-state index in [1.807, 2.05) is 23.5 Å². The lowest BCUT2D eigenvalue weighted by molar-refractivity contribution is 1.16. The Morgan fingerprint density at radius 1 is 0.579 bits per heavy atom. The van der Waals surface area contributed by atoms with Crippen molar-refractivity contribution >= 4 is 59.0 Å². The summed E-state index contributed by atoms with van der Waals surface area (Å²) in [6, 6.07) is 38.4. The van der Waals surface area contributed by atoms with Crippen LogP contribution in [0.15, 0.2) is 123 Å². The Kier molecular flexibility index (Phi) is 5.62. The first-order valence-electron chi connectivity index (χ1n) is 13.1. The molecule has 186 valence electrons. The summed E-state index contributed by atoms with van der Waals surface area (Å²) in [6.07, 6.45) is 0. The van der Waals surface area contributed by atoms with Gasteiger partial charge in [0.2, 0.25) is 0 Å². The Morgan fingerprint density at radius 3 is 1.79 bits per heavy atom. The minimum Gasteiger partial charge on any atom is -0.308 e. The zero-order valence-corrected chi connectivity index (χ0v) is 24.7. The minimum absolute atomic E-state index is 1.23. The van der Waals surface area contributed by atoms with E-state index in [-0.39, 0.29) is 0 Å². The molecule has 0 N–H and O–H groups in total. The van der Waals surface area contributed by atoms with Gasteiger partial charge in [-0.25, -0.2) is 0 Å². The molecule has 2 aliphatic heterocycles. The Labute approximate surface area is 234 Å². The van der Waals surface area contributed by atoms with Gasteiger partial charge in [0.15, 0.2) is 0 Å². The standard InChI is InChI=1S/C34H29NS2Si/c1-22-12-11-13-23(2)33(22)25-20-24(21-31-34(25)38(3,4)32-19-10-9-18-30(32)37-31)35-26-14-5-7-16-28(26)36-29-17-8-6-15-27(29)35/h5-21H,1-4H3. The Morgan fingerprint density at radius 2 is 1.13 bits per heavy atom. The van der Waals surface area contributed by atoms with E-state index in [1.165, 1.54) is 58.9 Å². The molecule has 0 spiro atoms. The van der Waals surface area contributed by atoms with Crippen LogP contribution in [0.5, 0.6) is 0 Å². The Bertz CT molecular complexity index is 1670. The molecule has 0 saturated heterocycles. The maximum atomic E-state index is 2.53. The number of nitrogens with zero attached hydrogens (tertiary/aromatic N) is 1. The first kappa shape index (κ1) is 23.9. The maximum absolute atomic E-state index is 2.53. The van der Waals surface area contributed by atoms with Gasteiger partial charge in [-0.1, -0.05) is 97.3 Å². The third-order valence-corrected chi connectivity index (χ3v) is 14.1. The largest absolute Gasteiger partial charge is 0.308 e. The van der Waals surface area contributed by atoms with E-state index in [9.17, 15) is 0 Å². The van der Waals surface area contributed by atoms with Crippen molar-refractivity contribution in [2.45, 2.75) is 46.5 Å². The number of hydrogen-bond donors (Lipinski definition) is 0. The van der Waals surface area contributed by atoms with Crippen LogP contribution in [0.25, 0.3) is 11.1 Å². The number of aryl methyl sites for hydroxylation is 2. The van der Waals surface area contributed by atoms with Crippen molar-refractivity contribution < 1.29 is 0 Å². The highest BCUT2D eigenvalue weighted by Crippen LogP contribution is 2.52. The van der Waals surface area contributed by atoms with Crippen molar-refractivity contribution in [1.82, 2.24) is 0 Å². The molecule has 4 heteroatoms. The molecule has 1 nitrogen and oxygen atoms in total. The predicted molar refractivity (Wildman–Crippen MR) is 167 cm³/mol. The van der Waals surface area contributed by atoms with Crippen LogP contribution < -0.4 is 15.3 Å². The smallest absolute Gasteiger partial charge is 0.115 e. The molecule has 0 radical (unpaired) electrons. The second kappa shape index (κ2) is 8.94. The summed E-state index contributed by atoms with van der Waals surface area (Å²) in [6.45, 7) is 9.59. The van der Waals surface area contributed by atoms with Gasteiger partial charge in [0.05, 0.1) is 11.4 Å². The lowest BCUT2D eigenvalue weighted by atomic mass is 9.95. The lowest BCUT2D eigenvalue weighted by Crippen LogP contribution is -2.57. The topological polar surface area (TPSA) is 3.24 Å². The molecule has 7 rings (SSSR count). The summed E-state index contributed by atoms with van der Waals surface area (Å²) in [5.41, 5.74) is 9.21. The quantitative estimate of drug-likeness (QED) is 0.200. The molecule has 0 amide bonds. The summed E-state index contributed by atoms with van der Waals surface area (Å²) < 4.78 is 0. The number of rotatable bonds is 2. The summed E-state index contributed by atoms with van der Waals surface area (Å²) in [7, 11) is -1.96. The van der Waals surface area contributed by atoms with Crippen LogP contribution in [0.4, 0.5) is 17.1 Å². The second-order valence-corrected chi connectivity index (χ2v) is 17.2. The molecule has 2 aliphatic rings. The number of anilines is 3. The summed E-state index contributed by atoms with van der Waals surface area (Å²) in [5, 5.41) is 3.11. The molecule has 2 heterocycles. The van der Waals surface area contributed by atoms with Gasteiger partial charge in [0.1, 0.15) is 8.07 Å². The van der Waals surface area contributed by atoms with Crippen LogP contribution in [0.1, 0.15) is 11.1 Å². The Hall–Kier alpha value is -3.18. The molecular weight excluding hydrogens is 515 g/mol. The van der Waals surface area contributed by atoms with Gasteiger partial charge >= 0.3 is 0 Å². The highest BCUT2D eigenvalue weighted by atomic mass is 32.2. The highest BCUT2D eigenvalue weighted by Gasteiger charge is 2.38. The fourth-order valence-electron chi connectivity index (χ4n) is 6.20. The first-order chi connectivity index (χ1) is 18.4. The van der Waals surface area contributed by atoms with E-state index >= 15 is 0 Å². The molecule has 0 unspecified atom stereocenters. The SMILES string of the molecule is Cc1cccc(C)c1-c1cc(N2c3ccccc3Sc3ccccc32)cc2c1[Si](C)(C)c1ccccc1S2. The van der Waals surface area contributed by atoms with Gasteiger partial charge in [0, 0.05) is 25.3 Å². The predicted octanol–water partition coefficient (Wildman–Crippen LogP) is 9.19. The number of benzene rings is 5. The number of para-hydroxylation sites is 2. The van der Waals surface area contributed by atoms with Gasteiger partial charge in [0.25, 0.3) is 0 Å². The summed E-state index contributed by atoms with van der Waals surface area (Å²) in [4.78, 5) is 7.89. The summed E-state index contributed by atoms with van der Waals surface area (Å²) >= 11 is 3.81. The van der Waals surface area contributed by atoms with E-state index in [0.717, 1.165) is 0 Å². The van der Waals surface area contributed by atoms with Gasteiger partial charge in [-0.2, -0.15) is 0 Å². The average molecular weight is 544 g/mol. The molecule has 0 bridgehead atoms. The molecule has 0 aromatic heterocycles. The molecule has 0 saturated carbocycles. The van der Waals surface area contributed by atoms with Crippen LogP contribution in [0.2, 0.25) is 13.1 Å². The Balaban J connectivity index is 1.56. The molecule has 0 atom stereocenters. The molecule has 38 heavy (non-hydrogen) atoms. The maximum Gasteiger partial charge on any atom is 0.115 e. The van der Waals surface area contributed by atoms with Crippen molar-refractivity contribution in [3.05, 3.63) is 114 Å². The number of fused-ring (bicyclic) bond motifs is 4. The van der Waals surface area contributed by atoms with Gasteiger partial charge in [-0.3, -0.25) is 0 Å². The van der Waals surface area contributed by atoms with Crippen molar-refractivity contribution in [3.63, 3.8) is 0 Å². The number of hydrogen-bond acceptors (Lipinski definition) is 3. The van der Waals surface area contributed by atoms with Crippen molar-refractivity contribution in [1.29, 1.82) is 0 Å².